The van der Waals surface area contributed by atoms with Crippen LogP contribution in [-0.4, -0.2) is 27.7 Å². The number of hydrogen-bond acceptors (Lipinski definition) is 5. The summed E-state index contributed by atoms with van der Waals surface area (Å²) >= 11 is 0. The summed E-state index contributed by atoms with van der Waals surface area (Å²) in [5.74, 6) is 0.914. The number of nitriles is 1. The van der Waals surface area contributed by atoms with Gasteiger partial charge in [-0.05, 0) is 37.6 Å². The van der Waals surface area contributed by atoms with Gasteiger partial charge in [0.1, 0.15) is 17.4 Å². The number of aromatic nitrogens is 3. The van der Waals surface area contributed by atoms with Crippen molar-refractivity contribution >= 4 is 5.65 Å². The summed E-state index contributed by atoms with van der Waals surface area (Å²) in [5.41, 5.74) is 3.30. The van der Waals surface area contributed by atoms with Gasteiger partial charge in [0.15, 0.2) is 5.65 Å². The molecule has 0 fully saturated rings. The maximum absolute atomic E-state index is 8.95. The average molecular weight is 321 g/mol. The van der Waals surface area contributed by atoms with Crippen LogP contribution in [0.5, 0.6) is 5.75 Å². The Morgan fingerprint density at radius 1 is 1.33 bits per heavy atom. The number of rotatable bonds is 7. The fourth-order valence-electron chi connectivity index (χ4n) is 2.41. The van der Waals surface area contributed by atoms with E-state index in [0.29, 0.717) is 24.4 Å². The van der Waals surface area contributed by atoms with E-state index in [1.54, 1.807) is 10.7 Å². The first-order chi connectivity index (χ1) is 11.8. The van der Waals surface area contributed by atoms with E-state index in [9.17, 15) is 0 Å². The summed E-state index contributed by atoms with van der Waals surface area (Å²) in [5, 5.41) is 16.4. The zero-order chi connectivity index (χ0) is 16.8. The largest absolute Gasteiger partial charge is 0.494 e. The number of ether oxygens (including phenoxy) is 1. The van der Waals surface area contributed by atoms with Crippen LogP contribution in [0.15, 0.2) is 42.9 Å². The molecule has 0 spiro atoms. The van der Waals surface area contributed by atoms with Gasteiger partial charge in [-0.25, -0.2) is 9.50 Å². The van der Waals surface area contributed by atoms with Crippen LogP contribution in [0.4, 0.5) is 0 Å². The fourth-order valence-corrected chi connectivity index (χ4v) is 2.41. The van der Waals surface area contributed by atoms with Crippen molar-refractivity contribution in [3.8, 4) is 11.8 Å². The van der Waals surface area contributed by atoms with Crippen LogP contribution < -0.4 is 10.1 Å². The predicted molar refractivity (Wildman–Crippen MR) is 90.7 cm³/mol. The lowest BCUT2D eigenvalue weighted by molar-refractivity contribution is 0.308. The molecule has 0 saturated heterocycles. The average Bonchev–Trinajstić information content (AvgIpc) is 3.00. The topological polar surface area (TPSA) is 75.2 Å². The van der Waals surface area contributed by atoms with E-state index in [-0.39, 0.29) is 0 Å². The minimum Gasteiger partial charge on any atom is -0.494 e. The quantitative estimate of drug-likeness (QED) is 0.677. The molecule has 0 aliphatic carbocycles. The van der Waals surface area contributed by atoms with Crippen molar-refractivity contribution in [2.24, 2.45) is 0 Å². The van der Waals surface area contributed by atoms with Gasteiger partial charge in [-0.15, -0.1) is 0 Å². The Hall–Kier alpha value is -2.91. The minimum absolute atomic E-state index is 0.489. The van der Waals surface area contributed by atoms with Crippen LogP contribution in [-0.2, 0) is 6.54 Å². The summed E-state index contributed by atoms with van der Waals surface area (Å²) in [6.45, 7) is 4.29. The lowest BCUT2D eigenvalue weighted by Crippen LogP contribution is -2.17. The van der Waals surface area contributed by atoms with E-state index < -0.39 is 0 Å². The van der Waals surface area contributed by atoms with Gasteiger partial charge in [0, 0.05) is 24.5 Å². The van der Waals surface area contributed by atoms with Gasteiger partial charge in [-0.3, -0.25) is 0 Å². The van der Waals surface area contributed by atoms with Crippen molar-refractivity contribution in [3.05, 3.63) is 59.5 Å². The number of benzene rings is 1. The summed E-state index contributed by atoms with van der Waals surface area (Å²) < 4.78 is 7.35. The van der Waals surface area contributed by atoms with E-state index in [1.165, 1.54) is 11.8 Å². The highest BCUT2D eigenvalue weighted by Gasteiger charge is 2.05. The highest BCUT2D eigenvalue weighted by Crippen LogP contribution is 2.12. The first-order valence-electron chi connectivity index (χ1n) is 7.89. The van der Waals surface area contributed by atoms with Crippen molar-refractivity contribution in [2.75, 3.05) is 13.2 Å². The van der Waals surface area contributed by atoms with Crippen LogP contribution in [0.2, 0.25) is 0 Å². The zero-order valence-corrected chi connectivity index (χ0v) is 13.6. The number of nitrogens with zero attached hydrogens (tertiary/aromatic N) is 4. The molecule has 122 valence electrons. The molecule has 0 unspecified atom stereocenters. The molecule has 0 aliphatic rings. The molecule has 1 aromatic carbocycles. The monoisotopic (exact) mass is 321 g/mol. The van der Waals surface area contributed by atoms with Crippen molar-refractivity contribution in [3.63, 3.8) is 0 Å². The van der Waals surface area contributed by atoms with Gasteiger partial charge in [-0.2, -0.15) is 10.4 Å². The Morgan fingerprint density at radius 2 is 2.25 bits per heavy atom. The number of nitrogens with one attached hydrogen (secondary N) is 1. The van der Waals surface area contributed by atoms with Crippen molar-refractivity contribution in [1.29, 1.82) is 5.26 Å². The minimum atomic E-state index is 0.489. The summed E-state index contributed by atoms with van der Waals surface area (Å²) in [6.07, 6.45) is 6.11. The van der Waals surface area contributed by atoms with Crippen LogP contribution in [0.1, 0.15) is 23.1 Å². The van der Waals surface area contributed by atoms with Gasteiger partial charge in [-0.1, -0.05) is 12.1 Å². The Morgan fingerprint density at radius 3 is 3.08 bits per heavy atom. The third-order valence-electron chi connectivity index (χ3n) is 3.62. The second-order valence-electron chi connectivity index (χ2n) is 5.60. The molecule has 6 heteroatoms. The smallest absolute Gasteiger partial charge is 0.172 e. The van der Waals surface area contributed by atoms with Gasteiger partial charge >= 0.3 is 0 Å². The van der Waals surface area contributed by atoms with Crippen LogP contribution >= 0.6 is 0 Å². The third-order valence-corrected chi connectivity index (χ3v) is 3.62. The van der Waals surface area contributed by atoms with E-state index in [4.69, 9.17) is 10.00 Å². The van der Waals surface area contributed by atoms with E-state index >= 15 is 0 Å². The maximum Gasteiger partial charge on any atom is 0.172 e. The molecule has 0 amide bonds. The van der Waals surface area contributed by atoms with Gasteiger partial charge in [0.05, 0.1) is 12.8 Å². The number of aryl methyl sites for hydroxylation is 1. The van der Waals surface area contributed by atoms with Crippen LogP contribution in [0.3, 0.4) is 0 Å². The standard InChI is InChI=1S/C18H19N5O/c1-14-4-2-5-17(8-14)24-7-3-6-20-10-15-11-21-18-16(9-19)12-22-23(18)13-15/h2,4-5,8,11-13,20H,3,6-7,10H2,1H3. The van der Waals surface area contributed by atoms with Gasteiger partial charge in [0.25, 0.3) is 0 Å². The Bertz CT molecular complexity index is 865. The molecular formula is C18H19N5O. The molecule has 0 bridgehead atoms. The number of hydrogen-bond donors (Lipinski definition) is 1. The summed E-state index contributed by atoms with van der Waals surface area (Å²) in [7, 11) is 0. The molecule has 0 saturated carbocycles. The summed E-state index contributed by atoms with van der Waals surface area (Å²) in [4.78, 5) is 4.29. The molecule has 0 radical (unpaired) electrons. The lowest BCUT2D eigenvalue weighted by atomic mass is 10.2. The molecule has 3 aromatic rings. The van der Waals surface area contributed by atoms with Gasteiger partial charge in [0.2, 0.25) is 0 Å². The molecule has 2 aromatic heterocycles. The lowest BCUT2D eigenvalue weighted by Gasteiger charge is -2.08. The second-order valence-corrected chi connectivity index (χ2v) is 5.60. The highest BCUT2D eigenvalue weighted by atomic mass is 16.5. The molecule has 3 rings (SSSR count). The molecule has 24 heavy (non-hydrogen) atoms. The molecule has 0 atom stereocenters. The fraction of sp³-hybridized carbons (Fsp3) is 0.278. The van der Waals surface area contributed by atoms with E-state index in [2.05, 4.69) is 34.5 Å². The van der Waals surface area contributed by atoms with E-state index in [0.717, 1.165) is 24.3 Å². The van der Waals surface area contributed by atoms with Crippen molar-refractivity contribution in [1.82, 2.24) is 19.9 Å². The number of fused-ring (bicyclic) bond motifs is 1. The predicted octanol–water partition coefficient (Wildman–Crippen LogP) is 2.47. The van der Waals surface area contributed by atoms with Crippen molar-refractivity contribution < 1.29 is 4.74 Å². The SMILES string of the molecule is Cc1cccc(OCCCNCc2cnc3c(C#N)cnn3c2)c1. The van der Waals surface area contributed by atoms with E-state index in [1.807, 2.05) is 24.4 Å². The third kappa shape index (κ3) is 3.89. The van der Waals surface area contributed by atoms with Gasteiger partial charge < -0.3 is 10.1 Å². The highest BCUT2D eigenvalue weighted by molar-refractivity contribution is 5.53. The second kappa shape index (κ2) is 7.57. The zero-order valence-electron chi connectivity index (χ0n) is 13.6. The Labute approximate surface area is 140 Å². The summed E-state index contributed by atoms with van der Waals surface area (Å²) in [6, 6.07) is 10.1. The first kappa shape index (κ1) is 16.0. The normalized spacial score (nSPS) is 10.7. The Balaban J connectivity index is 1.41. The molecule has 1 N–H and O–H groups in total. The molecule has 0 aliphatic heterocycles. The molecule has 6 nitrogen and oxygen atoms in total. The molecule has 2 heterocycles. The molecular weight excluding hydrogens is 302 g/mol. The first-order valence-corrected chi connectivity index (χ1v) is 7.89. The maximum atomic E-state index is 8.95. The Kier molecular flexibility index (Phi) is 5.04. The van der Waals surface area contributed by atoms with Crippen molar-refractivity contribution in [2.45, 2.75) is 19.9 Å². The van der Waals surface area contributed by atoms with Crippen LogP contribution in [0.25, 0.3) is 5.65 Å². The van der Waals surface area contributed by atoms with Crippen LogP contribution in [0, 0.1) is 18.3 Å².